The highest BCUT2D eigenvalue weighted by Crippen LogP contribution is 2.47. The maximum absolute atomic E-state index is 12.9. The molecule has 1 N–H and O–H groups in total. The summed E-state index contributed by atoms with van der Waals surface area (Å²) in [6.45, 7) is 2.18. The van der Waals surface area contributed by atoms with Gasteiger partial charge >= 0.3 is 0 Å². The van der Waals surface area contributed by atoms with E-state index >= 15 is 0 Å². The summed E-state index contributed by atoms with van der Waals surface area (Å²) in [5.41, 5.74) is 2.59. The topological polar surface area (TPSA) is 61.9 Å². The van der Waals surface area contributed by atoms with Crippen molar-refractivity contribution in [2.24, 2.45) is 11.8 Å². The molecule has 2 aromatic carbocycles. The number of benzene rings is 2. The van der Waals surface area contributed by atoms with Gasteiger partial charge in [0.05, 0.1) is 0 Å². The zero-order valence-corrected chi connectivity index (χ0v) is 16.5. The minimum Gasteiger partial charge on any atom is -0.312 e. The Morgan fingerprint density at radius 2 is 1.96 bits per heavy atom. The standard InChI is InChI=1S/C22H21ClN4O/c1-14-11-18(14)19(13-20(28)27(2)17-9-4-3-5-10-17)22-24-21(25-26-22)15-7-6-8-16(23)12-15/h3-10,12-14,18H,11H2,1-2H3,(H,24,25,26)/b19-13-/t14?,18-/m0/s1. The second-order valence-corrected chi connectivity index (χ2v) is 7.61. The Bertz CT molecular complexity index is 1030. The van der Waals surface area contributed by atoms with Gasteiger partial charge in [0.15, 0.2) is 11.6 Å². The van der Waals surface area contributed by atoms with E-state index in [1.54, 1.807) is 18.0 Å². The zero-order chi connectivity index (χ0) is 19.7. The first kappa shape index (κ1) is 18.4. The van der Waals surface area contributed by atoms with Crippen LogP contribution in [0.1, 0.15) is 19.2 Å². The molecular formula is C22H21ClN4O. The summed E-state index contributed by atoms with van der Waals surface area (Å²) in [5, 5.41) is 8.00. The number of nitrogens with zero attached hydrogens (tertiary/aromatic N) is 3. The highest BCUT2D eigenvalue weighted by Gasteiger charge is 2.38. The van der Waals surface area contributed by atoms with Crippen LogP contribution in [-0.4, -0.2) is 28.1 Å². The molecule has 0 aliphatic heterocycles. The lowest BCUT2D eigenvalue weighted by atomic mass is 10.1. The molecule has 1 saturated carbocycles. The molecule has 1 heterocycles. The molecule has 5 nitrogen and oxygen atoms in total. The third kappa shape index (κ3) is 3.85. The molecule has 2 atom stereocenters. The largest absolute Gasteiger partial charge is 0.312 e. The third-order valence-corrected chi connectivity index (χ3v) is 5.34. The molecule has 1 fully saturated rings. The second-order valence-electron chi connectivity index (χ2n) is 7.17. The van der Waals surface area contributed by atoms with Crippen molar-refractivity contribution in [2.75, 3.05) is 11.9 Å². The number of para-hydroxylation sites is 1. The number of likely N-dealkylation sites (N-methyl/N-ethyl adjacent to an activating group) is 1. The van der Waals surface area contributed by atoms with Gasteiger partial charge in [-0.1, -0.05) is 48.9 Å². The average molecular weight is 393 g/mol. The van der Waals surface area contributed by atoms with Crippen LogP contribution < -0.4 is 4.90 Å². The molecule has 0 saturated heterocycles. The number of carbonyl (C=O) groups excluding carboxylic acids is 1. The van der Waals surface area contributed by atoms with Gasteiger partial charge in [0, 0.05) is 35.0 Å². The van der Waals surface area contributed by atoms with Gasteiger partial charge in [-0.15, -0.1) is 0 Å². The number of hydrogen-bond acceptors (Lipinski definition) is 3. The molecule has 3 aromatic rings. The summed E-state index contributed by atoms with van der Waals surface area (Å²) in [4.78, 5) is 19.1. The van der Waals surface area contributed by atoms with Crippen LogP contribution in [-0.2, 0) is 4.79 Å². The molecule has 0 bridgehead atoms. The van der Waals surface area contributed by atoms with Gasteiger partial charge < -0.3 is 4.90 Å². The number of aromatic amines is 1. The quantitative estimate of drug-likeness (QED) is 0.632. The van der Waals surface area contributed by atoms with Gasteiger partial charge in [-0.2, -0.15) is 5.10 Å². The Hall–Kier alpha value is -2.92. The monoisotopic (exact) mass is 392 g/mol. The van der Waals surface area contributed by atoms with Crippen LogP contribution in [0.5, 0.6) is 0 Å². The van der Waals surface area contributed by atoms with Crippen LogP contribution in [0.4, 0.5) is 5.69 Å². The first-order valence-corrected chi connectivity index (χ1v) is 9.64. The van der Waals surface area contributed by atoms with E-state index < -0.39 is 0 Å². The Kier molecular flexibility index (Phi) is 5.01. The molecule has 28 heavy (non-hydrogen) atoms. The van der Waals surface area contributed by atoms with E-state index in [0.29, 0.717) is 28.5 Å². The van der Waals surface area contributed by atoms with Gasteiger partial charge in [-0.25, -0.2) is 4.98 Å². The lowest BCUT2D eigenvalue weighted by molar-refractivity contribution is -0.113. The van der Waals surface area contributed by atoms with Crippen molar-refractivity contribution in [2.45, 2.75) is 13.3 Å². The van der Waals surface area contributed by atoms with E-state index in [2.05, 4.69) is 22.1 Å². The average Bonchev–Trinajstić information content (AvgIpc) is 3.23. The molecule has 1 aliphatic carbocycles. The third-order valence-electron chi connectivity index (χ3n) is 5.10. The number of nitrogens with one attached hydrogen (secondary N) is 1. The van der Waals surface area contributed by atoms with Crippen molar-refractivity contribution >= 4 is 28.8 Å². The van der Waals surface area contributed by atoms with Gasteiger partial charge in [0.1, 0.15) is 0 Å². The van der Waals surface area contributed by atoms with Crippen molar-refractivity contribution in [3.05, 3.63) is 71.5 Å². The number of halogens is 1. The predicted molar refractivity (Wildman–Crippen MR) is 112 cm³/mol. The first-order chi connectivity index (χ1) is 13.5. The fraction of sp³-hybridized carbons (Fsp3) is 0.227. The fourth-order valence-corrected chi connectivity index (χ4v) is 3.45. The first-order valence-electron chi connectivity index (χ1n) is 9.26. The molecule has 1 unspecified atom stereocenters. The molecule has 4 rings (SSSR count). The molecule has 1 amide bonds. The minimum absolute atomic E-state index is 0.0885. The van der Waals surface area contributed by atoms with Crippen molar-refractivity contribution in [3.63, 3.8) is 0 Å². The number of carbonyl (C=O) groups is 1. The predicted octanol–water partition coefficient (Wildman–Crippen LogP) is 4.83. The molecular weight excluding hydrogens is 372 g/mol. The van der Waals surface area contributed by atoms with E-state index in [9.17, 15) is 4.79 Å². The van der Waals surface area contributed by atoms with Gasteiger partial charge in [0.25, 0.3) is 5.91 Å². The summed E-state index contributed by atoms with van der Waals surface area (Å²) in [7, 11) is 1.78. The second kappa shape index (κ2) is 7.60. The lowest BCUT2D eigenvalue weighted by Crippen LogP contribution is -2.24. The van der Waals surface area contributed by atoms with Gasteiger partial charge in [0.2, 0.25) is 0 Å². The molecule has 1 aromatic heterocycles. The Morgan fingerprint density at radius 3 is 2.64 bits per heavy atom. The highest BCUT2D eigenvalue weighted by atomic mass is 35.5. The van der Waals surface area contributed by atoms with E-state index in [-0.39, 0.29) is 5.91 Å². The SMILES string of the molecule is CC1C[C@@H]1/C(=C/C(=O)N(C)c1ccccc1)c1n[nH]c(-c2cccc(Cl)c2)n1. The van der Waals surface area contributed by atoms with Crippen LogP contribution >= 0.6 is 11.6 Å². The molecule has 0 radical (unpaired) electrons. The van der Waals surface area contributed by atoms with E-state index in [1.807, 2.05) is 54.6 Å². The fourth-order valence-electron chi connectivity index (χ4n) is 3.26. The minimum atomic E-state index is -0.0885. The maximum Gasteiger partial charge on any atom is 0.251 e. The Labute approximate surface area is 169 Å². The van der Waals surface area contributed by atoms with E-state index in [1.165, 1.54) is 0 Å². The van der Waals surface area contributed by atoms with E-state index in [4.69, 9.17) is 11.6 Å². The van der Waals surface area contributed by atoms with Crippen LogP contribution in [0, 0.1) is 11.8 Å². The summed E-state index contributed by atoms with van der Waals surface area (Å²) in [6, 6.07) is 17.0. The number of rotatable bonds is 5. The van der Waals surface area contributed by atoms with E-state index in [0.717, 1.165) is 23.2 Å². The molecule has 142 valence electrons. The number of allylic oxidation sites excluding steroid dienone is 1. The van der Waals surface area contributed by atoms with Crippen molar-refractivity contribution < 1.29 is 4.79 Å². The highest BCUT2D eigenvalue weighted by molar-refractivity contribution is 6.30. The van der Waals surface area contributed by atoms with Crippen LogP contribution in [0.15, 0.2) is 60.7 Å². The number of anilines is 1. The number of H-pyrrole nitrogens is 1. The molecule has 6 heteroatoms. The summed E-state index contributed by atoms with van der Waals surface area (Å²) < 4.78 is 0. The summed E-state index contributed by atoms with van der Waals surface area (Å²) in [6.07, 6.45) is 2.71. The van der Waals surface area contributed by atoms with Crippen LogP contribution in [0.25, 0.3) is 17.0 Å². The number of hydrogen-bond donors (Lipinski definition) is 1. The molecule has 0 spiro atoms. The van der Waals surface area contributed by atoms with Gasteiger partial charge in [-0.3, -0.25) is 9.89 Å². The number of aromatic nitrogens is 3. The summed E-state index contributed by atoms with van der Waals surface area (Å²) in [5.74, 6) is 1.94. The van der Waals surface area contributed by atoms with Crippen molar-refractivity contribution in [1.82, 2.24) is 15.2 Å². The van der Waals surface area contributed by atoms with Crippen LogP contribution in [0.2, 0.25) is 5.02 Å². The Balaban J connectivity index is 1.64. The van der Waals surface area contributed by atoms with Crippen LogP contribution in [0.3, 0.4) is 0 Å². The smallest absolute Gasteiger partial charge is 0.251 e. The Morgan fingerprint density at radius 1 is 1.21 bits per heavy atom. The van der Waals surface area contributed by atoms with Gasteiger partial charge in [-0.05, 0) is 42.5 Å². The normalized spacial score (nSPS) is 18.8. The number of amides is 1. The van der Waals surface area contributed by atoms with Crippen molar-refractivity contribution in [3.8, 4) is 11.4 Å². The maximum atomic E-state index is 12.9. The molecule has 1 aliphatic rings. The van der Waals surface area contributed by atoms with Crippen molar-refractivity contribution in [1.29, 1.82) is 0 Å². The summed E-state index contributed by atoms with van der Waals surface area (Å²) >= 11 is 6.08. The lowest BCUT2D eigenvalue weighted by Gasteiger charge is -2.15. The zero-order valence-electron chi connectivity index (χ0n) is 15.8.